The fourth-order valence-corrected chi connectivity index (χ4v) is 3.04. The predicted molar refractivity (Wildman–Crippen MR) is 66.3 cm³/mol. The van der Waals surface area contributed by atoms with Crippen LogP contribution in [0.3, 0.4) is 0 Å². The lowest BCUT2D eigenvalue weighted by Crippen LogP contribution is -2.48. The smallest absolute Gasteiger partial charge is 0.385 e. The number of carbonyl (C=O) groups excluding carboxylic acids is 2. The normalized spacial score (nSPS) is 13.7. The Morgan fingerprint density at radius 3 is 2.35 bits per heavy atom. The van der Waals surface area contributed by atoms with Crippen LogP contribution in [0.1, 0.15) is 11.5 Å². The van der Waals surface area contributed by atoms with Crippen molar-refractivity contribution in [3.05, 3.63) is 11.5 Å². The number of alkyl halides is 3. The summed E-state index contributed by atoms with van der Waals surface area (Å²) >= 11 is 0. The monoisotopic (exact) mass is 359 g/mol. The number of halogens is 3. The maximum atomic E-state index is 12.1. The van der Waals surface area contributed by atoms with Gasteiger partial charge in [0.2, 0.25) is 10.0 Å². The fourth-order valence-electron chi connectivity index (χ4n) is 1.52. The Kier molecular flexibility index (Phi) is 5.50. The third-order valence-electron chi connectivity index (χ3n) is 2.48. The number of hydrogen-bond donors (Lipinski definition) is 2. The third kappa shape index (κ3) is 4.49. The zero-order valence-electron chi connectivity index (χ0n) is 11.8. The molecule has 9 nitrogen and oxygen atoms in total. The number of ether oxygens (including phenoxy) is 1. The van der Waals surface area contributed by atoms with Gasteiger partial charge in [0.1, 0.15) is 16.6 Å². The quantitative estimate of drug-likeness (QED) is 0.531. The summed E-state index contributed by atoms with van der Waals surface area (Å²) in [7, 11) is -4.39. The summed E-state index contributed by atoms with van der Waals surface area (Å²) in [5.41, 5.74) is 5.10. The van der Waals surface area contributed by atoms with Gasteiger partial charge in [0.25, 0.3) is 0 Å². The summed E-state index contributed by atoms with van der Waals surface area (Å²) in [5.74, 6) is -4.67. The van der Waals surface area contributed by atoms with Crippen LogP contribution in [-0.2, 0) is 24.3 Å². The van der Waals surface area contributed by atoms with E-state index in [4.69, 9.17) is 5.73 Å². The van der Waals surface area contributed by atoms with E-state index < -0.39 is 45.6 Å². The van der Waals surface area contributed by atoms with E-state index in [1.807, 2.05) is 0 Å². The van der Waals surface area contributed by atoms with Gasteiger partial charge < -0.3 is 15.0 Å². The number of sulfonamides is 1. The van der Waals surface area contributed by atoms with Crippen LogP contribution in [0, 0.1) is 13.8 Å². The van der Waals surface area contributed by atoms with Gasteiger partial charge in [-0.1, -0.05) is 5.16 Å². The Hall–Kier alpha value is -1.99. The molecule has 1 rings (SSSR count). The highest BCUT2D eigenvalue weighted by molar-refractivity contribution is 7.89. The van der Waals surface area contributed by atoms with Crippen molar-refractivity contribution in [3.63, 3.8) is 0 Å². The Morgan fingerprint density at radius 2 is 1.96 bits per heavy atom. The van der Waals surface area contributed by atoms with E-state index in [1.165, 1.54) is 13.8 Å². The summed E-state index contributed by atoms with van der Waals surface area (Å²) in [6.45, 7) is 1.83. The molecule has 1 aromatic rings. The van der Waals surface area contributed by atoms with E-state index in [2.05, 4.69) is 14.4 Å². The first-order chi connectivity index (χ1) is 10.4. The van der Waals surface area contributed by atoms with E-state index in [1.54, 1.807) is 4.72 Å². The average Bonchev–Trinajstić information content (AvgIpc) is 2.74. The van der Waals surface area contributed by atoms with Crippen LogP contribution >= 0.6 is 0 Å². The summed E-state index contributed by atoms with van der Waals surface area (Å²) in [4.78, 5) is 21.6. The minimum Gasteiger partial charge on any atom is -0.385 e. The van der Waals surface area contributed by atoms with Crippen molar-refractivity contribution in [2.45, 2.75) is 31.0 Å². The van der Waals surface area contributed by atoms with Gasteiger partial charge in [-0.05, 0) is 13.8 Å². The molecule has 0 fully saturated rings. The van der Waals surface area contributed by atoms with Crippen molar-refractivity contribution in [3.8, 4) is 0 Å². The van der Waals surface area contributed by atoms with E-state index in [9.17, 15) is 31.2 Å². The molecular weight excluding hydrogens is 347 g/mol. The maximum Gasteiger partial charge on any atom is 0.491 e. The van der Waals surface area contributed by atoms with Gasteiger partial charge >= 0.3 is 18.1 Å². The van der Waals surface area contributed by atoms with Gasteiger partial charge in [-0.2, -0.15) is 17.9 Å². The molecule has 0 radical (unpaired) electrons. The molecule has 0 aliphatic carbocycles. The number of aryl methyl sites for hydroxylation is 2. The second-order valence-corrected chi connectivity index (χ2v) is 5.92. The van der Waals surface area contributed by atoms with Crippen LogP contribution < -0.4 is 10.5 Å². The van der Waals surface area contributed by atoms with E-state index in [0.29, 0.717) is 0 Å². The molecule has 0 amide bonds. The fraction of sp³-hybridized carbons (Fsp3) is 0.500. The Morgan fingerprint density at radius 1 is 1.39 bits per heavy atom. The number of nitrogens with one attached hydrogen (secondary N) is 1. The molecule has 1 atom stereocenters. The Labute approximate surface area is 128 Å². The number of hydrogen-bond acceptors (Lipinski definition) is 8. The van der Waals surface area contributed by atoms with Gasteiger partial charge in [0, 0.05) is 6.54 Å². The van der Waals surface area contributed by atoms with Gasteiger partial charge in [0.15, 0.2) is 5.76 Å². The third-order valence-corrected chi connectivity index (χ3v) is 4.19. The summed E-state index contributed by atoms with van der Waals surface area (Å²) in [5, 5.41) is 3.40. The molecule has 1 aromatic heterocycles. The number of rotatable bonds is 5. The Balaban J connectivity index is 2.96. The highest BCUT2D eigenvalue weighted by Gasteiger charge is 2.43. The van der Waals surface area contributed by atoms with Crippen molar-refractivity contribution in [2.24, 2.45) is 5.73 Å². The van der Waals surface area contributed by atoms with Crippen LogP contribution in [0.2, 0.25) is 0 Å². The number of esters is 2. The first-order valence-electron chi connectivity index (χ1n) is 5.88. The second-order valence-electron chi connectivity index (χ2n) is 4.27. The van der Waals surface area contributed by atoms with Crippen LogP contribution in [-0.4, -0.2) is 44.3 Å². The summed E-state index contributed by atoms with van der Waals surface area (Å²) in [6, 6.07) is -1.90. The van der Waals surface area contributed by atoms with Crippen molar-refractivity contribution in [1.82, 2.24) is 9.88 Å². The largest absolute Gasteiger partial charge is 0.491 e. The van der Waals surface area contributed by atoms with Gasteiger partial charge in [-0.25, -0.2) is 18.0 Å². The Bertz CT molecular complexity index is 692. The highest BCUT2D eigenvalue weighted by Crippen LogP contribution is 2.20. The summed E-state index contributed by atoms with van der Waals surface area (Å²) in [6.07, 6.45) is -5.41. The highest BCUT2D eigenvalue weighted by atomic mass is 32.2. The molecule has 13 heteroatoms. The first-order valence-corrected chi connectivity index (χ1v) is 7.36. The number of aromatic nitrogens is 1. The molecule has 0 aliphatic heterocycles. The van der Waals surface area contributed by atoms with E-state index in [0.717, 1.165) is 0 Å². The topological polar surface area (TPSA) is 142 Å². The molecule has 3 N–H and O–H groups in total. The average molecular weight is 359 g/mol. The van der Waals surface area contributed by atoms with Crippen LogP contribution in [0.15, 0.2) is 9.42 Å². The second kappa shape index (κ2) is 6.64. The predicted octanol–water partition coefficient (Wildman–Crippen LogP) is -0.471. The van der Waals surface area contributed by atoms with Crippen LogP contribution in [0.5, 0.6) is 0 Å². The minimum absolute atomic E-state index is 0.0366. The van der Waals surface area contributed by atoms with Gasteiger partial charge in [-0.3, -0.25) is 0 Å². The number of carbonyl (C=O) groups is 2. The van der Waals surface area contributed by atoms with Crippen LogP contribution in [0.4, 0.5) is 13.2 Å². The molecule has 0 spiro atoms. The standard InChI is InChI=1S/C10H12F3N3O6S/c1-4-7(5(2)22-15-4)23(19,20)16-6(3-14)8(17)21-9(18)10(11,12)13/h6,16H,3,14H2,1-2H3/t6-/m0/s1. The molecule has 0 aromatic carbocycles. The molecular formula is C10H12F3N3O6S. The van der Waals surface area contributed by atoms with Gasteiger partial charge in [-0.15, -0.1) is 0 Å². The minimum atomic E-state index is -5.41. The van der Waals surface area contributed by atoms with Crippen molar-refractivity contribution >= 4 is 22.0 Å². The van der Waals surface area contributed by atoms with Gasteiger partial charge in [0.05, 0.1) is 0 Å². The zero-order chi connectivity index (χ0) is 18.0. The lowest BCUT2D eigenvalue weighted by atomic mass is 10.3. The van der Waals surface area contributed by atoms with Crippen molar-refractivity contribution in [2.75, 3.05) is 6.54 Å². The molecule has 0 saturated carbocycles. The van der Waals surface area contributed by atoms with E-state index in [-0.39, 0.29) is 11.5 Å². The lowest BCUT2D eigenvalue weighted by Gasteiger charge is -2.15. The van der Waals surface area contributed by atoms with Crippen molar-refractivity contribution in [1.29, 1.82) is 0 Å². The molecule has 0 bridgehead atoms. The SMILES string of the molecule is Cc1noc(C)c1S(=O)(=O)N[C@@H](CN)C(=O)OC(=O)C(F)(F)F. The van der Waals surface area contributed by atoms with Crippen LogP contribution in [0.25, 0.3) is 0 Å². The molecule has 23 heavy (non-hydrogen) atoms. The number of nitrogens with zero attached hydrogens (tertiary/aromatic N) is 1. The van der Waals surface area contributed by atoms with E-state index >= 15 is 0 Å². The maximum absolute atomic E-state index is 12.1. The number of nitrogens with two attached hydrogens (primary N) is 1. The molecule has 0 aliphatic rings. The molecule has 130 valence electrons. The zero-order valence-corrected chi connectivity index (χ0v) is 12.6. The van der Waals surface area contributed by atoms with Crippen molar-refractivity contribution < 1.29 is 40.4 Å². The molecule has 1 heterocycles. The first kappa shape index (κ1) is 19.1. The molecule has 0 unspecified atom stereocenters. The molecule has 0 saturated heterocycles. The summed E-state index contributed by atoms with van der Waals surface area (Å²) < 4.78 is 70.2. The lowest BCUT2D eigenvalue weighted by molar-refractivity contribution is -0.202.